The number of anilines is 1. The molecule has 33 heavy (non-hydrogen) atoms. The highest BCUT2D eigenvalue weighted by molar-refractivity contribution is 7.86. The third kappa shape index (κ3) is 4.81. The molecule has 0 spiro atoms. The number of aromatic nitrogens is 1. The number of hydrogen-bond donors (Lipinski definition) is 2. The van der Waals surface area contributed by atoms with E-state index in [9.17, 15) is 22.0 Å². The van der Waals surface area contributed by atoms with E-state index in [-0.39, 0.29) is 29.8 Å². The maximum atomic E-state index is 13.6. The number of nitrogens with one attached hydrogen (secondary N) is 1. The molecule has 3 N–H and O–H groups in total. The van der Waals surface area contributed by atoms with Crippen LogP contribution in [0.4, 0.5) is 14.6 Å². The van der Waals surface area contributed by atoms with Crippen LogP contribution in [-0.4, -0.2) is 43.3 Å². The van der Waals surface area contributed by atoms with Gasteiger partial charge in [-0.25, -0.2) is 10.1 Å². The molecule has 1 aromatic heterocycles. The van der Waals surface area contributed by atoms with Gasteiger partial charge < -0.3 is 10.1 Å². The van der Waals surface area contributed by atoms with Crippen LogP contribution in [0.1, 0.15) is 42.7 Å². The molecule has 2 fully saturated rings. The van der Waals surface area contributed by atoms with Crippen molar-refractivity contribution < 1.29 is 26.7 Å². The van der Waals surface area contributed by atoms with E-state index in [0.717, 1.165) is 41.6 Å². The highest BCUT2D eigenvalue weighted by atomic mass is 35.5. The lowest BCUT2D eigenvalue weighted by Gasteiger charge is -2.48. The van der Waals surface area contributed by atoms with Crippen LogP contribution in [0.2, 0.25) is 5.02 Å². The second-order valence-corrected chi connectivity index (χ2v) is 10.3. The molecule has 1 aromatic carbocycles. The van der Waals surface area contributed by atoms with Crippen molar-refractivity contribution in [1.29, 1.82) is 0 Å². The van der Waals surface area contributed by atoms with Crippen molar-refractivity contribution in [3.63, 3.8) is 0 Å². The normalized spacial score (nSPS) is 18.8. The number of pyridine rings is 1. The molecular weight excluding hydrogens is 478 g/mol. The fraction of sp³-hybridized carbons (Fsp3) is 0.429. The molecule has 1 saturated carbocycles. The van der Waals surface area contributed by atoms with E-state index in [4.69, 9.17) is 16.7 Å². The van der Waals surface area contributed by atoms with Gasteiger partial charge in [-0.15, -0.1) is 0 Å². The van der Waals surface area contributed by atoms with Crippen LogP contribution in [0.5, 0.6) is 5.75 Å². The van der Waals surface area contributed by atoms with Crippen molar-refractivity contribution in [3.05, 3.63) is 52.7 Å². The molecule has 0 unspecified atom stereocenters. The Labute approximate surface area is 195 Å². The van der Waals surface area contributed by atoms with Crippen molar-refractivity contribution in [2.45, 2.75) is 43.6 Å². The van der Waals surface area contributed by atoms with Gasteiger partial charge in [0.25, 0.3) is 10.2 Å². The molecule has 1 saturated heterocycles. The lowest BCUT2D eigenvalue weighted by molar-refractivity contribution is -0.125. The summed E-state index contributed by atoms with van der Waals surface area (Å²) in [6, 6.07) is 8.54. The largest absolute Gasteiger partial charge is 0.431 e. The molecule has 2 aliphatic rings. The molecule has 0 atom stereocenters. The number of carbonyl (C=O) groups is 1. The number of alkyl halides is 2. The van der Waals surface area contributed by atoms with E-state index in [1.54, 1.807) is 12.1 Å². The average Bonchev–Trinajstić information content (AvgIpc) is 3.23. The summed E-state index contributed by atoms with van der Waals surface area (Å²) in [5.41, 5.74) is 0.404. The number of ether oxygens (including phenoxy) is 1. The molecule has 12 heteroatoms. The van der Waals surface area contributed by atoms with Crippen LogP contribution in [0.25, 0.3) is 0 Å². The van der Waals surface area contributed by atoms with E-state index in [1.807, 2.05) is 12.1 Å². The van der Waals surface area contributed by atoms with Crippen molar-refractivity contribution in [3.8, 4) is 5.75 Å². The summed E-state index contributed by atoms with van der Waals surface area (Å²) in [4.78, 5) is 17.5. The molecule has 1 aliphatic carbocycles. The quantitative estimate of drug-likeness (QED) is 0.604. The van der Waals surface area contributed by atoms with E-state index in [0.29, 0.717) is 5.56 Å². The van der Waals surface area contributed by atoms with Crippen LogP contribution in [-0.2, 0) is 20.4 Å². The van der Waals surface area contributed by atoms with Gasteiger partial charge in [-0.05, 0) is 29.9 Å². The molecule has 2 aromatic rings. The molecular formula is C21H23ClF2N4O4S. The molecule has 178 valence electrons. The molecule has 4 rings (SSSR count). The third-order valence-corrected chi connectivity index (χ3v) is 7.41. The summed E-state index contributed by atoms with van der Waals surface area (Å²) in [5, 5.41) is 7.88. The number of nitrogens with zero attached hydrogens (tertiary/aromatic N) is 2. The van der Waals surface area contributed by atoms with E-state index in [2.05, 4.69) is 15.0 Å². The zero-order valence-corrected chi connectivity index (χ0v) is 19.1. The molecule has 0 bridgehead atoms. The fourth-order valence-corrected chi connectivity index (χ4v) is 5.57. The number of amides is 1. The fourth-order valence-electron chi connectivity index (χ4n) is 4.63. The highest BCUT2D eigenvalue weighted by Gasteiger charge is 2.55. The molecule has 1 aliphatic heterocycles. The van der Waals surface area contributed by atoms with E-state index in [1.165, 1.54) is 6.20 Å². The van der Waals surface area contributed by atoms with Gasteiger partial charge in [-0.2, -0.15) is 21.5 Å². The zero-order chi connectivity index (χ0) is 23.8. The minimum absolute atomic E-state index is 0.0500. The SMILES string of the molecule is NS(=O)(=O)N1CC(C(=O)Nc2ncc(Cl)cc2OC(F)F)(c2ccccc2C2CCCC2)C1. The number of nitrogens with two attached hydrogens (primary N) is 1. The topological polar surface area (TPSA) is 115 Å². The highest BCUT2D eigenvalue weighted by Crippen LogP contribution is 2.44. The van der Waals surface area contributed by atoms with Gasteiger partial charge in [0.2, 0.25) is 5.91 Å². The minimum atomic E-state index is -4.02. The van der Waals surface area contributed by atoms with Crippen LogP contribution in [0, 0.1) is 0 Å². The van der Waals surface area contributed by atoms with Crippen molar-refractivity contribution in [1.82, 2.24) is 9.29 Å². The summed E-state index contributed by atoms with van der Waals surface area (Å²) in [6.45, 7) is -3.51. The summed E-state index contributed by atoms with van der Waals surface area (Å²) in [7, 11) is -4.02. The average molecular weight is 501 g/mol. The minimum Gasteiger partial charge on any atom is -0.431 e. The Balaban J connectivity index is 1.72. The Kier molecular flexibility index (Phi) is 6.59. The Morgan fingerprint density at radius 3 is 2.58 bits per heavy atom. The monoisotopic (exact) mass is 500 g/mol. The lowest BCUT2D eigenvalue weighted by atomic mass is 9.70. The van der Waals surface area contributed by atoms with Gasteiger partial charge in [0.15, 0.2) is 11.6 Å². The second kappa shape index (κ2) is 9.13. The number of carbonyl (C=O) groups excluding carboxylic acids is 1. The number of hydrogen-bond acceptors (Lipinski definition) is 5. The first-order valence-electron chi connectivity index (χ1n) is 10.4. The second-order valence-electron chi connectivity index (χ2n) is 8.30. The summed E-state index contributed by atoms with van der Waals surface area (Å²) >= 11 is 5.84. The van der Waals surface area contributed by atoms with Gasteiger partial charge in [0.1, 0.15) is 5.41 Å². The zero-order valence-electron chi connectivity index (χ0n) is 17.5. The lowest BCUT2D eigenvalue weighted by Crippen LogP contribution is -2.67. The van der Waals surface area contributed by atoms with Gasteiger partial charge in [0.05, 0.1) is 5.02 Å². The van der Waals surface area contributed by atoms with Gasteiger partial charge >= 0.3 is 6.61 Å². The first kappa shape index (κ1) is 23.8. The summed E-state index contributed by atoms with van der Waals surface area (Å²) in [6.07, 6.45) is 5.28. The van der Waals surface area contributed by atoms with Gasteiger partial charge in [-0.3, -0.25) is 4.79 Å². The third-order valence-electron chi connectivity index (χ3n) is 6.23. The standard InChI is InChI=1S/C21H23ClF2N4O4S/c22-14-9-17(32-20(23)24)18(26-10-14)27-19(29)21(11-28(12-21)33(25,30)31)16-8-4-3-7-15(16)13-5-1-2-6-13/h3-4,7-10,13,20H,1-2,5-6,11-12H2,(H2,25,30,31)(H,26,27,29). The maximum Gasteiger partial charge on any atom is 0.387 e. The predicted molar refractivity (Wildman–Crippen MR) is 119 cm³/mol. The molecule has 0 radical (unpaired) electrons. The van der Waals surface area contributed by atoms with Crippen LogP contribution < -0.4 is 15.2 Å². The van der Waals surface area contributed by atoms with Crippen LogP contribution >= 0.6 is 11.6 Å². The summed E-state index contributed by atoms with van der Waals surface area (Å²) < 4.78 is 55.0. The Morgan fingerprint density at radius 1 is 1.27 bits per heavy atom. The number of benzene rings is 1. The first-order valence-corrected chi connectivity index (χ1v) is 12.3. The molecule has 2 heterocycles. The van der Waals surface area contributed by atoms with Crippen molar-refractivity contribution in [2.24, 2.45) is 5.14 Å². The van der Waals surface area contributed by atoms with Gasteiger partial charge in [-0.1, -0.05) is 48.7 Å². The van der Waals surface area contributed by atoms with Crippen LogP contribution in [0.3, 0.4) is 0 Å². The maximum absolute atomic E-state index is 13.6. The first-order chi connectivity index (χ1) is 15.6. The van der Waals surface area contributed by atoms with Crippen molar-refractivity contribution >= 4 is 33.5 Å². The molecule has 1 amide bonds. The number of halogens is 3. The van der Waals surface area contributed by atoms with E-state index < -0.39 is 33.9 Å². The van der Waals surface area contributed by atoms with Gasteiger partial charge in [0, 0.05) is 25.4 Å². The Morgan fingerprint density at radius 2 is 1.94 bits per heavy atom. The van der Waals surface area contributed by atoms with Crippen molar-refractivity contribution in [2.75, 3.05) is 18.4 Å². The predicted octanol–water partition coefficient (Wildman–Crippen LogP) is 3.39. The smallest absolute Gasteiger partial charge is 0.387 e. The summed E-state index contributed by atoms with van der Waals surface area (Å²) in [5.74, 6) is -0.980. The van der Waals surface area contributed by atoms with Crippen LogP contribution in [0.15, 0.2) is 36.5 Å². The Bertz CT molecular complexity index is 1150. The number of rotatable bonds is 7. The van der Waals surface area contributed by atoms with E-state index >= 15 is 0 Å². The molecule has 8 nitrogen and oxygen atoms in total. The Hall–Kier alpha value is -2.34.